The number of hydrogen-bond acceptors (Lipinski definition) is 5. The molecule has 1 aliphatic rings. The van der Waals surface area contributed by atoms with Crippen LogP contribution >= 0.6 is 47.2 Å². The number of anilines is 2. The van der Waals surface area contributed by atoms with Gasteiger partial charge in [-0.25, -0.2) is 0 Å². The van der Waals surface area contributed by atoms with E-state index in [1.165, 1.54) is 16.7 Å². The van der Waals surface area contributed by atoms with Crippen LogP contribution in [0.3, 0.4) is 0 Å². The first-order valence-electron chi connectivity index (χ1n) is 10.5. The van der Waals surface area contributed by atoms with Crippen LogP contribution in [0.25, 0.3) is 6.08 Å². The number of rotatable bonds is 6. The first kappa shape index (κ1) is 25.3. The molecule has 0 spiro atoms. The molecule has 3 aromatic rings. The topological polar surface area (TPSA) is 58.6 Å². The molecule has 3 aromatic carbocycles. The molecule has 1 fully saturated rings. The van der Waals surface area contributed by atoms with Crippen LogP contribution in [-0.2, 0) is 9.59 Å². The molecule has 0 aromatic heterocycles. The van der Waals surface area contributed by atoms with Crippen molar-refractivity contribution in [3.05, 3.63) is 92.3 Å². The predicted molar refractivity (Wildman–Crippen MR) is 149 cm³/mol. The highest BCUT2D eigenvalue weighted by Gasteiger charge is 2.33. The number of carbonyl (C=O) groups is 2. The van der Waals surface area contributed by atoms with Gasteiger partial charge in [0.1, 0.15) is 5.75 Å². The molecular formula is C26H20Cl2N2O3S2. The van der Waals surface area contributed by atoms with Crippen molar-refractivity contribution in [1.82, 2.24) is 0 Å². The number of halogens is 2. The van der Waals surface area contributed by atoms with Crippen LogP contribution in [0.1, 0.15) is 16.7 Å². The maximum atomic E-state index is 13.1. The van der Waals surface area contributed by atoms with Gasteiger partial charge in [-0.1, -0.05) is 77.5 Å². The van der Waals surface area contributed by atoms with Crippen molar-refractivity contribution in [2.24, 2.45) is 0 Å². The lowest BCUT2D eigenvalue weighted by atomic mass is 10.1. The van der Waals surface area contributed by atoms with Gasteiger partial charge in [0.15, 0.2) is 10.9 Å². The minimum Gasteiger partial charge on any atom is -0.483 e. The van der Waals surface area contributed by atoms with E-state index in [2.05, 4.69) is 5.32 Å². The molecule has 1 saturated heterocycles. The smallest absolute Gasteiger partial charge is 0.270 e. The quantitative estimate of drug-likeness (QED) is 0.267. The minimum atomic E-state index is -0.331. The second kappa shape index (κ2) is 10.8. The third kappa shape index (κ3) is 5.87. The molecule has 0 atom stereocenters. The summed E-state index contributed by atoms with van der Waals surface area (Å²) in [5.41, 5.74) is 3.69. The van der Waals surface area contributed by atoms with E-state index in [9.17, 15) is 9.59 Å². The fourth-order valence-electron chi connectivity index (χ4n) is 3.29. The Labute approximate surface area is 223 Å². The van der Waals surface area contributed by atoms with Gasteiger partial charge in [0, 0.05) is 21.3 Å². The van der Waals surface area contributed by atoms with Crippen LogP contribution < -0.4 is 15.0 Å². The Balaban J connectivity index is 1.48. The Morgan fingerprint density at radius 3 is 2.46 bits per heavy atom. The van der Waals surface area contributed by atoms with Crippen molar-refractivity contribution in [2.45, 2.75) is 13.8 Å². The highest BCUT2D eigenvalue weighted by molar-refractivity contribution is 8.27. The van der Waals surface area contributed by atoms with E-state index in [0.29, 0.717) is 42.0 Å². The number of aryl methyl sites for hydroxylation is 2. The molecular weight excluding hydrogens is 523 g/mol. The fraction of sp³-hybridized carbons (Fsp3) is 0.115. The molecule has 178 valence electrons. The van der Waals surface area contributed by atoms with Crippen LogP contribution in [0.2, 0.25) is 10.0 Å². The monoisotopic (exact) mass is 542 g/mol. The van der Waals surface area contributed by atoms with Crippen molar-refractivity contribution in [3.8, 4) is 5.75 Å². The Bertz CT molecular complexity index is 1370. The van der Waals surface area contributed by atoms with Gasteiger partial charge in [0.2, 0.25) is 0 Å². The summed E-state index contributed by atoms with van der Waals surface area (Å²) in [5, 5.41) is 3.89. The highest BCUT2D eigenvalue weighted by atomic mass is 35.5. The molecule has 4 rings (SSSR count). The number of hydrogen-bond donors (Lipinski definition) is 1. The highest BCUT2D eigenvalue weighted by Crippen LogP contribution is 2.38. The second-order valence-electron chi connectivity index (χ2n) is 7.79. The average molecular weight is 543 g/mol. The van der Waals surface area contributed by atoms with Crippen LogP contribution in [0.4, 0.5) is 11.4 Å². The second-order valence-corrected chi connectivity index (χ2v) is 10.3. The van der Waals surface area contributed by atoms with Crippen molar-refractivity contribution in [2.75, 3.05) is 16.8 Å². The molecule has 1 N–H and O–H groups in total. The standard InChI is InChI=1S/C26H20Cl2N2O3S2/c1-15-7-9-18(12-20(15)27)29-24(31)14-33-22-6-4-3-5-17(22)11-23-25(32)30(26(34)35-23)19-10-8-16(2)21(28)13-19/h3-13H,14H2,1-2H3,(H,29,31)/b23-11-. The number of amides is 2. The summed E-state index contributed by atoms with van der Waals surface area (Å²) in [6.07, 6.45) is 1.71. The summed E-state index contributed by atoms with van der Waals surface area (Å²) in [5.74, 6) is -0.112. The molecule has 9 heteroatoms. The largest absolute Gasteiger partial charge is 0.483 e. The number of thioether (sulfide) groups is 1. The van der Waals surface area contributed by atoms with Crippen LogP contribution in [-0.4, -0.2) is 22.7 Å². The Kier molecular flexibility index (Phi) is 7.82. The van der Waals surface area contributed by atoms with Crippen molar-refractivity contribution in [1.29, 1.82) is 0 Å². The van der Waals surface area contributed by atoms with E-state index in [4.69, 9.17) is 40.2 Å². The average Bonchev–Trinajstić information content (AvgIpc) is 3.10. The molecule has 0 radical (unpaired) electrons. The summed E-state index contributed by atoms with van der Waals surface area (Å²) in [4.78, 5) is 27.4. The van der Waals surface area contributed by atoms with Gasteiger partial charge < -0.3 is 10.1 Å². The minimum absolute atomic E-state index is 0.209. The van der Waals surface area contributed by atoms with E-state index < -0.39 is 0 Å². The fourth-order valence-corrected chi connectivity index (χ4v) is 4.94. The van der Waals surface area contributed by atoms with Crippen LogP contribution in [0.5, 0.6) is 5.75 Å². The summed E-state index contributed by atoms with van der Waals surface area (Å²) >= 11 is 19.0. The number of benzene rings is 3. The first-order valence-corrected chi connectivity index (χ1v) is 12.5. The summed E-state index contributed by atoms with van der Waals surface area (Å²) in [6, 6.07) is 17.8. The molecule has 5 nitrogen and oxygen atoms in total. The van der Waals surface area contributed by atoms with Gasteiger partial charge in [-0.15, -0.1) is 0 Å². The van der Waals surface area contributed by atoms with E-state index in [0.717, 1.165) is 11.1 Å². The van der Waals surface area contributed by atoms with E-state index in [1.807, 2.05) is 44.2 Å². The van der Waals surface area contributed by atoms with Crippen molar-refractivity contribution >= 4 is 80.8 Å². The van der Waals surface area contributed by atoms with Gasteiger partial charge in [0.05, 0.1) is 10.6 Å². The first-order chi connectivity index (χ1) is 16.7. The lowest BCUT2D eigenvalue weighted by Crippen LogP contribution is -2.27. The summed E-state index contributed by atoms with van der Waals surface area (Å²) < 4.78 is 6.18. The van der Waals surface area contributed by atoms with Crippen LogP contribution in [0, 0.1) is 13.8 Å². The predicted octanol–water partition coefficient (Wildman–Crippen LogP) is 7.03. The molecule has 35 heavy (non-hydrogen) atoms. The molecule has 1 heterocycles. The lowest BCUT2D eigenvalue weighted by Gasteiger charge is -2.15. The van der Waals surface area contributed by atoms with Gasteiger partial charge >= 0.3 is 0 Å². The van der Waals surface area contributed by atoms with Gasteiger partial charge in [0.25, 0.3) is 11.8 Å². The number of thiocarbonyl (C=S) groups is 1. The summed E-state index contributed by atoms with van der Waals surface area (Å²) in [7, 11) is 0. The zero-order valence-electron chi connectivity index (χ0n) is 18.8. The normalized spacial score (nSPS) is 14.5. The third-order valence-corrected chi connectivity index (χ3v) is 7.34. The lowest BCUT2D eigenvalue weighted by molar-refractivity contribution is -0.118. The van der Waals surface area contributed by atoms with E-state index >= 15 is 0 Å². The maximum Gasteiger partial charge on any atom is 0.270 e. The van der Waals surface area contributed by atoms with Crippen LogP contribution in [0.15, 0.2) is 65.6 Å². The summed E-state index contributed by atoms with van der Waals surface area (Å²) in [6.45, 7) is 3.57. The molecule has 2 amide bonds. The van der Waals surface area contributed by atoms with E-state index in [1.54, 1.807) is 36.4 Å². The Morgan fingerprint density at radius 1 is 1.06 bits per heavy atom. The van der Waals surface area contributed by atoms with Gasteiger partial charge in [-0.2, -0.15) is 0 Å². The molecule has 0 aliphatic carbocycles. The Hall–Kier alpha value is -2.84. The van der Waals surface area contributed by atoms with E-state index in [-0.39, 0.29) is 18.4 Å². The number of ether oxygens (including phenoxy) is 1. The van der Waals surface area contributed by atoms with Crippen molar-refractivity contribution < 1.29 is 14.3 Å². The third-order valence-electron chi connectivity index (χ3n) is 5.23. The number of para-hydroxylation sites is 1. The van der Waals surface area contributed by atoms with Crippen molar-refractivity contribution in [3.63, 3.8) is 0 Å². The number of nitrogens with one attached hydrogen (secondary N) is 1. The maximum absolute atomic E-state index is 13.1. The number of nitrogens with zero attached hydrogens (tertiary/aromatic N) is 1. The van der Waals surface area contributed by atoms with Gasteiger partial charge in [-0.05, 0) is 61.4 Å². The van der Waals surface area contributed by atoms with Gasteiger partial charge in [-0.3, -0.25) is 14.5 Å². The molecule has 0 bridgehead atoms. The zero-order valence-corrected chi connectivity index (χ0v) is 21.9. The Morgan fingerprint density at radius 2 is 1.74 bits per heavy atom. The molecule has 1 aliphatic heterocycles. The molecule has 0 saturated carbocycles. The zero-order chi connectivity index (χ0) is 25.1. The molecule has 0 unspecified atom stereocenters. The SMILES string of the molecule is Cc1ccc(NC(=O)COc2ccccc2/C=C2\SC(=S)N(c3ccc(C)c(Cl)c3)C2=O)cc1Cl. The number of carbonyl (C=O) groups excluding carboxylic acids is 2.